The lowest BCUT2D eigenvalue weighted by molar-refractivity contribution is 0.102. The van der Waals surface area contributed by atoms with E-state index in [-0.39, 0.29) is 10.8 Å². The first-order valence-electron chi connectivity index (χ1n) is 5.73. The Hall–Kier alpha value is -2.25. The fraction of sp³-hybridized carbons (Fsp3) is 0.0769. The van der Waals surface area contributed by atoms with Crippen molar-refractivity contribution in [1.82, 2.24) is 4.98 Å². The topological polar surface area (TPSA) is 102 Å². The highest BCUT2D eigenvalue weighted by molar-refractivity contribution is 7.89. The fourth-order valence-electron chi connectivity index (χ4n) is 1.64. The monoisotopic (exact) mass is 291 g/mol. The van der Waals surface area contributed by atoms with Crippen molar-refractivity contribution in [2.24, 2.45) is 5.14 Å². The molecule has 0 radical (unpaired) electrons. The second kappa shape index (κ2) is 5.40. The molecule has 0 unspecified atom stereocenters. The van der Waals surface area contributed by atoms with Crippen LogP contribution >= 0.6 is 0 Å². The zero-order valence-electron chi connectivity index (χ0n) is 10.7. The van der Waals surface area contributed by atoms with Crippen molar-refractivity contribution in [2.45, 2.75) is 11.8 Å². The Morgan fingerprint density at radius 3 is 2.65 bits per heavy atom. The standard InChI is InChI=1S/C13H13N3O3S/c1-9-7-10(5-6-15-9)13(17)16-11-3-2-4-12(8-11)20(14,18)19/h2-8H,1H3,(H,16,17)(H2,14,18,19). The summed E-state index contributed by atoms with van der Waals surface area (Å²) in [7, 11) is -3.79. The van der Waals surface area contributed by atoms with Crippen LogP contribution < -0.4 is 10.5 Å². The Morgan fingerprint density at radius 2 is 2.00 bits per heavy atom. The number of sulfonamides is 1. The number of anilines is 1. The van der Waals surface area contributed by atoms with Gasteiger partial charge < -0.3 is 5.32 Å². The Kier molecular flexibility index (Phi) is 3.82. The maximum Gasteiger partial charge on any atom is 0.255 e. The highest BCUT2D eigenvalue weighted by Gasteiger charge is 2.10. The lowest BCUT2D eigenvalue weighted by atomic mass is 10.2. The molecule has 104 valence electrons. The molecule has 6 nitrogen and oxygen atoms in total. The minimum atomic E-state index is -3.79. The number of nitrogens with one attached hydrogen (secondary N) is 1. The Labute approximate surface area is 116 Å². The van der Waals surface area contributed by atoms with E-state index in [1.54, 1.807) is 25.1 Å². The van der Waals surface area contributed by atoms with Gasteiger partial charge in [-0.1, -0.05) is 6.07 Å². The third-order valence-corrected chi connectivity index (χ3v) is 3.49. The second-order valence-electron chi connectivity index (χ2n) is 4.21. The number of carbonyl (C=O) groups is 1. The van der Waals surface area contributed by atoms with Crippen LogP contribution in [-0.2, 0) is 10.0 Å². The molecule has 20 heavy (non-hydrogen) atoms. The van der Waals surface area contributed by atoms with Crippen LogP contribution in [0.5, 0.6) is 0 Å². The van der Waals surface area contributed by atoms with Gasteiger partial charge in [0, 0.05) is 23.1 Å². The van der Waals surface area contributed by atoms with Crippen LogP contribution in [0.3, 0.4) is 0 Å². The van der Waals surface area contributed by atoms with E-state index >= 15 is 0 Å². The van der Waals surface area contributed by atoms with Crippen LogP contribution in [0.4, 0.5) is 5.69 Å². The maximum atomic E-state index is 12.0. The third kappa shape index (κ3) is 3.40. The molecule has 1 heterocycles. The number of aryl methyl sites for hydroxylation is 1. The minimum Gasteiger partial charge on any atom is -0.322 e. The van der Waals surface area contributed by atoms with E-state index in [9.17, 15) is 13.2 Å². The lowest BCUT2D eigenvalue weighted by Crippen LogP contribution is -2.15. The van der Waals surface area contributed by atoms with E-state index in [1.165, 1.54) is 24.4 Å². The van der Waals surface area contributed by atoms with E-state index in [4.69, 9.17) is 5.14 Å². The summed E-state index contributed by atoms with van der Waals surface area (Å²) in [4.78, 5) is 16.0. The number of hydrogen-bond donors (Lipinski definition) is 2. The number of hydrogen-bond acceptors (Lipinski definition) is 4. The molecule has 0 spiro atoms. The highest BCUT2D eigenvalue weighted by atomic mass is 32.2. The smallest absolute Gasteiger partial charge is 0.255 e. The number of benzene rings is 1. The van der Waals surface area contributed by atoms with Crippen LogP contribution in [-0.4, -0.2) is 19.3 Å². The average molecular weight is 291 g/mol. The molecule has 0 aliphatic rings. The van der Waals surface area contributed by atoms with Crippen LogP contribution in [0.2, 0.25) is 0 Å². The molecule has 0 bridgehead atoms. The number of nitrogens with zero attached hydrogens (tertiary/aromatic N) is 1. The number of rotatable bonds is 3. The van der Waals surface area contributed by atoms with Gasteiger partial charge in [0.15, 0.2) is 0 Å². The van der Waals surface area contributed by atoms with E-state index in [1.807, 2.05) is 0 Å². The normalized spacial score (nSPS) is 11.1. The highest BCUT2D eigenvalue weighted by Crippen LogP contribution is 2.15. The van der Waals surface area contributed by atoms with E-state index < -0.39 is 10.0 Å². The van der Waals surface area contributed by atoms with Crippen LogP contribution in [0, 0.1) is 6.92 Å². The summed E-state index contributed by atoms with van der Waals surface area (Å²) < 4.78 is 22.5. The molecule has 0 saturated carbocycles. The Bertz CT molecular complexity index is 757. The van der Waals surface area contributed by atoms with Crippen LogP contribution in [0.15, 0.2) is 47.5 Å². The summed E-state index contributed by atoms with van der Waals surface area (Å²) >= 11 is 0. The molecule has 0 saturated heterocycles. The van der Waals surface area contributed by atoms with E-state index in [0.717, 1.165) is 5.69 Å². The van der Waals surface area contributed by atoms with Crippen LogP contribution in [0.25, 0.3) is 0 Å². The van der Waals surface area contributed by atoms with Crippen molar-refractivity contribution in [3.05, 3.63) is 53.9 Å². The van der Waals surface area contributed by atoms with Gasteiger partial charge in [-0.15, -0.1) is 0 Å². The van der Waals surface area contributed by atoms with Gasteiger partial charge in [-0.25, -0.2) is 13.6 Å². The predicted octanol–water partition coefficient (Wildman–Crippen LogP) is 1.29. The summed E-state index contributed by atoms with van der Waals surface area (Å²) in [5, 5.41) is 7.65. The number of nitrogens with two attached hydrogens (primary N) is 1. The number of aromatic nitrogens is 1. The molecule has 0 atom stereocenters. The summed E-state index contributed by atoms with van der Waals surface area (Å²) in [6.45, 7) is 1.78. The molecular weight excluding hydrogens is 278 g/mol. The molecule has 0 aliphatic heterocycles. The average Bonchev–Trinajstić information content (AvgIpc) is 2.38. The first-order valence-corrected chi connectivity index (χ1v) is 7.28. The van der Waals surface area contributed by atoms with Gasteiger partial charge in [0.2, 0.25) is 10.0 Å². The quantitative estimate of drug-likeness (QED) is 0.889. The molecule has 2 aromatic rings. The number of pyridine rings is 1. The maximum absolute atomic E-state index is 12.0. The zero-order chi connectivity index (χ0) is 14.8. The van der Waals surface area contributed by atoms with Gasteiger partial charge in [0.05, 0.1) is 4.90 Å². The predicted molar refractivity (Wildman–Crippen MR) is 74.7 cm³/mol. The van der Waals surface area contributed by atoms with Crippen molar-refractivity contribution in [1.29, 1.82) is 0 Å². The van der Waals surface area contributed by atoms with Gasteiger partial charge in [-0.05, 0) is 37.3 Å². The first kappa shape index (κ1) is 14.2. The molecule has 1 amide bonds. The van der Waals surface area contributed by atoms with Crippen molar-refractivity contribution in [3.8, 4) is 0 Å². The molecule has 7 heteroatoms. The summed E-state index contributed by atoms with van der Waals surface area (Å²) in [6, 6.07) is 8.97. The lowest BCUT2D eigenvalue weighted by Gasteiger charge is -2.07. The molecule has 3 N–H and O–H groups in total. The summed E-state index contributed by atoms with van der Waals surface area (Å²) in [6.07, 6.45) is 1.53. The van der Waals surface area contributed by atoms with E-state index in [0.29, 0.717) is 11.3 Å². The van der Waals surface area contributed by atoms with E-state index in [2.05, 4.69) is 10.3 Å². The van der Waals surface area contributed by atoms with Gasteiger partial charge in [0.25, 0.3) is 5.91 Å². The third-order valence-electron chi connectivity index (χ3n) is 2.58. The largest absolute Gasteiger partial charge is 0.322 e. The van der Waals surface area contributed by atoms with Gasteiger partial charge in [-0.3, -0.25) is 9.78 Å². The Morgan fingerprint density at radius 1 is 1.25 bits per heavy atom. The molecule has 1 aromatic carbocycles. The second-order valence-corrected chi connectivity index (χ2v) is 5.77. The summed E-state index contributed by atoms with van der Waals surface area (Å²) in [5.74, 6) is -0.345. The Balaban J connectivity index is 2.25. The van der Waals surface area contributed by atoms with Crippen molar-refractivity contribution in [2.75, 3.05) is 5.32 Å². The first-order chi connectivity index (χ1) is 9.36. The minimum absolute atomic E-state index is 0.0544. The van der Waals surface area contributed by atoms with Gasteiger partial charge >= 0.3 is 0 Å². The molecule has 0 fully saturated rings. The van der Waals surface area contributed by atoms with Gasteiger partial charge in [-0.2, -0.15) is 0 Å². The summed E-state index contributed by atoms with van der Waals surface area (Å²) in [5.41, 5.74) is 1.52. The number of amides is 1. The van der Waals surface area contributed by atoms with Gasteiger partial charge in [0.1, 0.15) is 0 Å². The molecule has 1 aromatic heterocycles. The van der Waals surface area contributed by atoms with Crippen molar-refractivity contribution >= 4 is 21.6 Å². The molecular formula is C13H13N3O3S. The molecule has 0 aliphatic carbocycles. The number of carbonyl (C=O) groups excluding carboxylic acids is 1. The van der Waals surface area contributed by atoms with Crippen molar-refractivity contribution < 1.29 is 13.2 Å². The van der Waals surface area contributed by atoms with Crippen LogP contribution in [0.1, 0.15) is 16.1 Å². The SMILES string of the molecule is Cc1cc(C(=O)Nc2cccc(S(N)(=O)=O)c2)ccn1. The zero-order valence-corrected chi connectivity index (χ0v) is 11.5. The van der Waals surface area contributed by atoms with Crippen molar-refractivity contribution in [3.63, 3.8) is 0 Å². The number of primary sulfonamides is 1. The molecule has 2 rings (SSSR count). The fourth-order valence-corrected chi connectivity index (χ4v) is 2.20.